The van der Waals surface area contributed by atoms with Gasteiger partial charge in [-0.3, -0.25) is 4.79 Å². The number of fused-ring (bicyclic) bond motifs is 1. The molecule has 0 aliphatic rings. The monoisotopic (exact) mass is 317 g/mol. The highest BCUT2D eigenvalue weighted by molar-refractivity contribution is 6.35. The lowest BCUT2D eigenvalue weighted by molar-refractivity contribution is 0.0930. The minimum Gasteiger partial charge on any atom is -0.341 e. The van der Waals surface area contributed by atoms with Gasteiger partial charge < -0.3 is 14.5 Å². The molecule has 114 valence electrons. The van der Waals surface area contributed by atoms with E-state index in [0.29, 0.717) is 16.5 Å². The van der Waals surface area contributed by atoms with Crippen molar-refractivity contribution in [3.63, 3.8) is 0 Å². The summed E-state index contributed by atoms with van der Waals surface area (Å²) in [4.78, 5) is 12.5. The average Bonchev–Trinajstić information content (AvgIpc) is 3.03. The molecule has 0 saturated carbocycles. The van der Waals surface area contributed by atoms with E-state index in [-0.39, 0.29) is 11.9 Å². The summed E-state index contributed by atoms with van der Waals surface area (Å²) in [6.07, 6.45) is 1.61. The number of amides is 1. The van der Waals surface area contributed by atoms with Gasteiger partial charge in [0, 0.05) is 19.5 Å². The zero-order valence-corrected chi connectivity index (χ0v) is 13.3. The minimum atomic E-state index is -0.242. The van der Waals surface area contributed by atoms with Crippen LogP contribution in [0.5, 0.6) is 0 Å². The van der Waals surface area contributed by atoms with E-state index in [4.69, 9.17) is 11.6 Å². The first-order valence-corrected chi connectivity index (χ1v) is 7.25. The van der Waals surface area contributed by atoms with Gasteiger partial charge in [0.15, 0.2) is 5.82 Å². The fourth-order valence-corrected chi connectivity index (χ4v) is 2.91. The zero-order chi connectivity index (χ0) is 15.9. The number of halogens is 1. The first kappa shape index (κ1) is 14.6. The Morgan fingerprint density at radius 3 is 2.77 bits per heavy atom. The molecule has 2 heterocycles. The molecule has 0 fully saturated rings. The quantitative estimate of drug-likeness (QED) is 0.807. The summed E-state index contributed by atoms with van der Waals surface area (Å²) in [5, 5.41) is 12.3. The topological polar surface area (TPSA) is 64.7 Å². The van der Waals surface area contributed by atoms with Gasteiger partial charge in [0.1, 0.15) is 12.0 Å². The number of benzene rings is 1. The van der Waals surface area contributed by atoms with Crippen molar-refractivity contribution in [2.24, 2.45) is 14.1 Å². The second-order valence-electron chi connectivity index (χ2n) is 5.26. The number of nitrogens with zero attached hydrogens (tertiary/aromatic N) is 4. The SMILES string of the molecule is C[C@H](NC(=O)c1cc2cccc(Cl)c2n1C)c1nncn1C. The normalized spacial score (nSPS) is 12.5. The van der Waals surface area contributed by atoms with Crippen molar-refractivity contribution < 1.29 is 4.79 Å². The van der Waals surface area contributed by atoms with Gasteiger partial charge in [-0.05, 0) is 19.1 Å². The second-order valence-corrected chi connectivity index (χ2v) is 5.67. The Morgan fingerprint density at radius 1 is 1.36 bits per heavy atom. The summed E-state index contributed by atoms with van der Waals surface area (Å²) >= 11 is 6.21. The molecule has 1 aromatic carbocycles. The van der Waals surface area contributed by atoms with Crippen LogP contribution >= 0.6 is 11.6 Å². The lowest BCUT2D eigenvalue weighted by Gasteiger charge is -2.13. The number of para-hydroxylation sites is 1. The molecule has 1 amide bonds. The molecule has 0 bridgehead atoms. The molecular formula is C15H16ClN5O. The number of carbonyl (C=O) groups is 1. The highest BCUT2D eigenvalue weighted by Crippen LogP contribution is 2.26. The highest BCUT2D eigenvalue weighted by atomic mass is 35.5. The van der Waals surface area contributed by atoms with E-state index in [0.717, 1.165) is 10.9 Å². The smallest absolute Gasteiger partial charge is 0.268 e. The number of nitrogens with one attached hydrogen (secondary N) is 1. The Bertz CT molecular complexity index is 851. The van der Waals surface area contributed by atoms with Gasteiger partial charge >= 0.3 is 0 Å². The van der Waals surface area contributed by atoms with E-state index >= 15 is 0 Å². The summed E-state index contributed by atoms with van der Waals surface area (Å²) in [7, 11) is 3.67. The van der Waals surface area contributed by atoms with E-state index in [2.05, 4.69) is 15.5 Å². The van der Waals surface area contributed by atoms with Crippen LogP contribution < -0.4 is 5.32 Å². The van der Waals surface area contributed by atoms with Crippen molar-refractivity contribution in [1.29, 1.82) is 0 Å². The van der Waals surface area contributed by atoms with Crippen LogP contribution in [0.15, 0.2) is 30.6 Å². The van der Waals surface area contributed by atoms with Gasteiger partial charge in [-0.15, -0.1) is 10.2 Å². The summed E-state index contributed by atoms with van der Waals surface area (Å²) in [6, 6.07) is 7.21. The Labute approximate surface area is 132 Å². The predicted octanol–water partition coefficient (Wildman–Crippen LogP) is 2.45. The average molecular weight is 318 g/mol. The molecule has 0 spiro atoms. The fraction of sp³-hybridized carbons (Fsp3) is 0.267. The predicted molar refractivity (Wildman–Crippen MR) is 84.8 cm³/mol. The molecule has 0 unspecified atom stereocenters. The Hall–Kier alpha value is -2.34. The van der Waals surface area contributed by atoms with Crippen LogP contribution in [0.3, 0.4) is 0 Å². The zero-order valence-electron chi connectivity index (χ0n) is 12.5. The van der Waals surface area contributed by atoms with E-state index in [1.807, 2.05) is 45.3 Å². The number of rotatable bonds is 3. The van der Waals surface area contributed by atoms with Crippen LogP contribution in [-0.4, -0.2) is 25.2 Å². The third kappa shape index (κ3) is 2.35. The fourth-order valence-electron chi connectivity index (χ4n) is 2.60. The molecule has 2 aromatic heterocycles. The molecule has 3 rings (SSSR count). The van der Waals surface area contributed by atoms with Crippen LogP contribution in [-0.2, 0) is 14.1 Å². The van der Waals surface area contributed by atoms with Gasteiger partial charge in [-0.25, -0.2) is 0 Å². The van der Waals surface area contributed by atoms with Gasteiger partial charge in [-0.1, -0.05) is 23.7 Å². The maximum atomic E-state index is 12.5. The molecular weight excluding hydrogens is 302 g/mol. The maximum Gasteiger partial charge on any atom is 0.268 e. The van der Waals surface area contributed by atoms with Crippen LogP contribution in [0.1, 0.15) is 29.3 Å². The molecule has 0 radical (unpaired) electrons. The van der Waals surface area contributed by atoms with E-state index in [9.17, 15) is 4.79 Å². The van der Waals surface area contributed by atoms with Crippen LogP contribution in [0.25, 0.3) is 10.9 Å². The third-order valence-corrected chi connectivity index (χ3v) is 4.03. The maximum absolute atomic E-state index is 12.5. The lowest BCUT2D eigenvalue weighted by Crippen LogP contribution is -2.29. The van der Waals surface area contributed by atoms with E-state index < -0.39 is 0 Å². The molecule has 0 aliphatic carbocycles. The molecule has 1 atom stereocenters. The minimum absolute atomic E-state index is 0.176. The highest BCUT2D eigenvalue weighted by Gasteiger charge is 2.19. The van der Waals surface area contributed by atoms with E-state index in [1.54, 1.807) is 15.5 Å². The summed E-state index contributed by atoms with van der Waals surface area (Å²) in [5.74, 6) is 0.524. The third-order valence-electron chi connectivity index (χ3n) is 3.72. The Balaban J connectivity index is 1.91. The molecule has 0 saturated heterocycles. The number of aryl methyl sites for hydroxylation is 2. The van der Waals surface area contributed by atoms with Crippen molar-refractivity contribution in [3.05, 3.63) is 47.1 Å². The summed E-state index contributed by atoms with van der Waals surface area (Å²) in [5.41, 5.74) is 1.40. The molecule has 1 N–H and O–H groups in total. The van der Waals surface area contributed by atoms with Crippen LogP contribution in [0.4, 0.5) is 0 Å². The van der Waals surface area contributed by atoms with Gasteiger partial charge in [0.25, 0.3) is 5.91 Å². The summed E-state index contributed by atoms with van der Waals surface area (Å²) in [6.45, 7) is 1.87. The number of carbonyl (C=O) groups excluding carboxylic acids is 1. The lowest BCUT2D eigenvalue weighted by atomic mass is 10.2. The van der Waals surface area contributed by atoms with E-state index in [1.165, 1.54) is 0 Å². The van der Waals surface area contributed by atoms with Crippen molar-refractivity contribution >= 4 is 28.4 Å². The van der Waals surface area contributed by atoms with Crippen LogP contribution in [0.2, 0.25) is 5.02 Å². The first-order valence-electron chi connectivity index (χ1n) is 6.87. The Morgan fingerprint density at radius 2 is 2.14 bits per heavy atom. The number of hydrogen-bond acceptors (Lipinski definition) is 3. The van der Waals surface area contributed by atoms with Crippen molar-refractivity contribution in [2.75, 3.05) is 0 Å². The molecule has 7 heteroatoms. The summed E-state index contributed by atoms with van der Waals surface area (Å²) < 4.78 is 3.58. The van der Waals surface area contributed by atoms with Gasteiger partial charge in [0.05, 0.1) is 16.6 Å². The largest absolute Gasteiger partial charge is 0.341 e. The van der Waals surface area contributed by atoms with Crippen molar-refractivity contribution in [1.82, 2.24) is 24.6 Å². The van der Waals surface area contributed by atoms with Gasteiger partial charge in [0.2, 0.25) is 0 Å². The molecule has 0 aliphatic heterocycles. The standard InChI is InChI=1S/C15H16ClN5O/c1-9(14-19-17-8-20(14)2)18-15(22)12-7-10-5-4-6-11(16)13(10)21(12)3/h4-9H,1-3H3,(H,18,22)/t9-/m0/s1. The van der Waals surface area contributed by atoms with Crippen molar-refractivity contribution in [2.45, 2.75) is 13.0 Å². The molecule has 6 nitrogen and oxygen atoms in total. The second kappa shape index (κ2) is 5.46. The molecule has 3 aromatic rings. The van der Waals surface area contributed by atoms with Crippen LogP contribution in [0, 0.1) is 0 Å². The number of hydrogen-bond donors (Lipinski definition) is 1. The van der Waals surface area contributed by atoms with Gasteiger partial charge in [-0.2, -0.15) is 0 Å². The van der Waals surface area contributed by atoms with Crippen molar-refractivity contribution in [3.8, 4) is 0 Å². The first-order chi connectivity index (χ1) is 10.5. The molecule has 22 heavy (non-hydrogen) atoms. The Kier molecular flexibility index (Phi) is 3.62. The number of aromatic nitrogens is 4.